The maximum Gasteiger partial charge on any atom is 0.416 e. The number of alkyl halides is 3. The van der Waals surface area contributed by atoms with Crippen molar-refractivity contribution in [3.63, 3.8) is 0 Å². The van der Waals surface area contributed by atoms with Gasteiger partial charge in [-0.1, -0.05) is 0 Å². The minimum Gasteiger partial charge on any atom is -0.482 e. The average molecular weight is 406 g/mol. The van der Waals surface area contributed by atoms with Gasteiger partial charge in [0, 0.05) is 11.3 Å². The van der Waals surface area contributed by atoms with Crippen LogP contribution in [0.4, 0.5) is 24.5 Å². The first kappa shape index (κ1) is 20.4. The number of carbonyl (C=O) groups excluding carboxylic acids is 3. The number of halogens is 3. The molecular weight excluding hydrogens is 389 g/mol. The van der Waals surface area contributed by atoms with Gasteiger partial charge in [0.25, 0.3) is 5.91 Å². The highest BCUT2D eigenvalue weighted by Crippen LogP contribution is 2.35. The van der Waals surface area contributed by atoms with Crippen LogP contribution in [0.5, 0.6) is 5.75 Å². The van der Waals surface area contributed by atoms with Gasteiger partial charge in [-0.2, -0.15) is 13.2 Å². The summed E-state index contributed by atoms with van der Waals surface area (Å²) >= 11 is 0. The van der Waals surface area contributed by atoms with E-state index in [9.17, 15) is 27.6 Å². The van der Waals surface area contributed by atoms with Gasteiger partial charge in [-0.15, -0.1) is 0 Å². The summed E-state index contributed by atoms with van der Waals surface area (Å²) in [6, 6.07) is 7.57. The predicted molar refractivity (Wildman–Crippen MR) is 99.0 cm³/mol. The summed E-state index contributed by atoms with van der Waals surface area (Å²) in [5.41, 5.74) is -0.0442. The summed E-state index contributed by atoms with van der Waals surface area (Å²) < 4.78 is 43.3. The molecule has 0 spiro atoms. The number of Topliss-reactive ketones (excluding diaryl/α,β-unsaturated/α-hetero) is 1. The minimum absolute atomic E-state index is 0.160. The van der Waals surface area contributed by atoms with Crippen molar-refractivity contribution in [3.05, 3.63) is 53.6 Å². The fourth-order valence-corrected chi connectivity index (χ4v) is 2.92. The van der Waals surface area contributed by atoms with E-state index in [-0.39, 0.29) is 23.8 Å². The number of hydrogen-bond acceptors (Lipinski definition) is 4. The van der Waals surface area contributed by atoms with E-state index in [4.69, 9.17) is 4.74 Å². The molecule has 152 valence electrons. The van der Waals surface area contributed by atoms with Crippen molar-refractivity contribution in [1.82, 2.24) is 0 Å². The Labute approximate surface area is 164 Å². The van der Waals surface area contributed by atoms with E-state index < -0.39 is 29.6 Å². The molecule has 2 aromatic rings. The first-order valence-electron chi connectivity index (χ1n) is 8.66. The van der Waals surface area contributed by atoms with Gasteiger partial charge in [0.1, 0.15) is 11.8 Å². The number of nitrogens with zero attached hydrogens (tertiary/aromatic N) is 1. The van der Waals surface area contributed by atoms with Crippen molar-refractivity contribution in [1.29, 1.82) is 0 Å². The zero-order chi connectivity index (χ0) is 21.3. The van der Waals surface area contributed by atoms with Gasteiger partial charge in [0.2, 0.25) is 5.91 Å². The minimum atomic E-state index is -4.48. The standard InChI is InChI=1S/C20H17F3N2O4/c1-11(19(28)24-15-6-4-14(5-7-15)20(21,22)23)25-16-9-13(12(2)26)3-8-17(16)29-10-18(25)27/h3-9,11H,10H2,1-2H3,(H,24,28). The molecule has 1 heterocycles. The molecule has 0 bridgehead atoms. The number of nitrogens with one attached hydrogen (secondary N) is 1. The van der Waals surface area contributed by atoms with Gasteiger partial charge < -0.3 is 10.1 Å². The average Bonchev–Trinajstić information content (AvgIpc) is 2.66. The van der Waals surface area contributed by atoms with Crippen molar-refractivity contribution in [2.75, 3.05) is 16.8 Å². The van der Waals surface area contributed by atoms with Gasteiger partial charge in [-0.3, -0.25) is 19.3 Å². The summed E-state index contributed by atoms with van der Waals surface area (Å²) in [5.74, 6) is -0.941. The molecule has 0 saturated heterocycles. The molecule has 6 nitrogen and oxygen atoms in total. The van der Waals surface area contributed by atoms with Crippen LogP contribution in [-0.2, 0) is 15.8 Å². The summed E-state index contributed by atoms with van der Waals surface area (Å²) in [6.45, 7) is 2.58. The topological polar surface area (TPSA) is 75.7 Å². The van der Waals surface area contributed by atoms with E-state index >= 15 is 0 Å². The highest BCUT2D eigenvalue weighted by atomic mass is 19.4. The fourth-order valence-electron chi connectivity index (χ4n) is 2.92. The number of fused-ring (bicyclic) bond motifs is 1. The number of rotatable bonds is 4. The summed E-state index contributed by atoms with van der Waals surface area (Å²) in [6.07, 6.45) is -4.48. The van der Waals surface area contributed by atoms with Gasteiger partial charge in [0.15, 0.2) is 12.4 Å². The van der Waals surface area contributed by atoms with Gasteiger partial charge >= 0.3 is 6.18 Å². The van der Waals surface area contributed by atoms with Gasteiger partial charge in [0.05, 0.1) is 11.3 Å². The number of ketones is 1. The van der Waals surface area contributed by atoms with E-state index in [1.165, 1.54) is 24.8 Å². The third kappa shape index (κ3) is 4.23. The molecule has 0 aliphatic carbocycles. The Hall–Kier alpha value is -3.36. The van der Waals surface area contributed by atoms with E-state index in [2.05, 4.69) is 5.32 Å². The molecule has 2 aromatic carbocycles. The van der Waals surface area contributed by atoms with Crippen LogP contribution in [0.1, 0.15) is 29.8 Å². The summed E-state index contributed by atoms with van der Waals surface area (Å²) in [7, 11) is 0. The summed E-state index contributed by atoms with van der Waals surface area (Å²) in [4.78, 5) is 37.9. The van der Waals surface area contributed by atoms with Crippen LogP contribution in [0.25, 0.3) is 0 Å². The molecule has 2 amide bonds. The largest absolute Gasteiger partial charge is 0.482 e. The van der Waals surface area contributed by atoms with E-state index in [0.29, 0.717) is 11.3 Å². The van der Waals surface area contributed by atoms with Crippen molar-refractivity contribution < 1.29 is 32.3 Å². The van der Waals surface area contributed by atoms with Crippen LogP contribution in [0.2, 0.25) is 0 Å². The molecule has 0 fully saturated rings. The molecule has 1 N–H and O–H groups in total. The van der Waals surface area contributed by atoms with Crippen molar-refractivity contribution in [2.45, 2.75) is 26.1 Å². The Balaban J connectivity index is 1.83. The Bertz CT molecular complexity index is 971. The number of ether oxygens (including phenoxy) is 1. The lowest BCUT2D eigenvalue weighted by Crippen LogP contribution is -2.49. The van der Waals surface area contributed by atoms with Crippen molar-refractivity contribution in [2.24, 2.45) is 0 Å². The second-order valence-corrected chi connectivity index (χ2v) is 6.53. The van der Waals surface area contributed by atoms with Crippen molar-refractivity contribution >= 4 is 29.0 Å². The molecule has 1 atom stereocenters. The van der Waals surface area contributed by atoms with Crippen LogP contribution in [0, 0.1) is 0 Å². The summed E-state index contributed by atoms with van der Waals surface area (Å²) in [5, 5.41) is 2.50. The van der Waals surface area contributed by atoms with Crippen LogP contribution in [0.15, 0.2) is 42.5 Å². The number of carbonyl (C=O) groups is 3. The van der Waals surface area contributed by atoms with Crippen molar-refractivity contribution in [3.8, 4) is 5.75 Å². The maximum absolute atomic E-state index is 12.7. The molecule has 0 saturated carbocycles. The fraction of sp³-hybridized carbons (Fsp3) is 0.250. The second kappa shape index (κ2) is 7.57. The lowest BCUT2D eigenvalue weighted by atomic mass is 10.1. The normalized spacial score (nSPS) is 14.7. The van der Waals surface area contributed by atoms with Crippen LogP contribution < -0.4 is 15.0 Å². The van der Waals surface area contributed by atoms with Crippen LogP contribution >= 0.6 is 0 Å². The first-order valence-corrected chi connectivity index (χ1v) is 8.66. The number of anilines is 2. The number of benzene rings is 2. The molecule has 29 heavy (non-hydrogen) atoms. The first-order chi connectivity index (χ1) is 13.6. The SMILES string of the molecule is CC(=O)c1ccc2c(c1)N(C(C)C(=O)Nc1ccc(C(F)(F)F)cc1)C(=O)CO2. The molecule has 1 aliphatic heterocycles. The highest BCUT2D eigenvalue weighted by molar-refractivity contribution is 6.07. The van der Waals surface area contributed by atoms with Crippen LogP contribution in [0.3, 0.4) is 0 Å². The molecule has 1 aliphatic rings. The van der Waals surface area contributed by atoms with E-state index in [1.807, 2.05) is 0 Å². The molecule has 9 heteroatoms. The predicted octanol–water partition coefficient (Wildman–Crippen LogP) is 3.66. The van der Waals surface area contributed by atoms with Crippen LogP contribution in [-0.4, -0.2) is 30.2 Å². The van der Waals surface area contributed by atoms with E-state index in [1.54, 1.807) is 12.1 Å². The second-order valence-electron chi connectivity index (χ2n) is 6.53. The smallest absolute Gasteiger partial charge is 0.416 e. The third-order valence-electron chi connectivity index (χ3n) is 4.49. The molecule has 3 rings (SSSR count). The lowest BCUT2D eigenvalue weighted by molar-refractivity contribution is -0.137. The Morgan fingerprint density at radius 2 is 1.79 bits per heavy atom. The Kier molecular flexibility index (Phi) is 5.32. The maximum atomic E-state index is 12.7. The molecule has 0 radical (unpaired) electrons. The van der Waals surface area contributed by atoms with Gasteiger partial charge in [-0.25, -0.2) is 0 Å². The number of hydrogen-bond donors (Lipinski definition) is 1. The molecular formula is C20H17F3N2O4. The zero-order valence-electron chi connectivity index (χ0n) is 15.5. The molecule has 1 unspecified atom stereocenters. The zero-order valence-corrected chi connectivity index (χ0v) is 15.5. The highest BCUT2D eigenvalue weighted by Gasteiger charge is 2.34. The number of amides is 2. The van der Waals surface area contributed by atoms with E-state index in [0.717, 1.165) is 24.3 Å². The Morgan fingerprint density at radius 1 is 1.14 bits per heavy atom. The monoisotopic (exact) mass is 406 g/mol. The molecule has 0 aromatic heterocycles. The lowest BCUT2D eigenvalue weighted by Gasteiger charge is -2.33. The Morgan fingerprint density at radius 3 is 2.38 bits per heavy atom. The third-order valence-corrected chi connectivity index (χ3v) is 4.49. The quantitative estimate of drug-likeness (QED) is 0.787. The van der Waals surface area contributed by atoms with Gasteiger partial charge in [-0.05, 0) is 56.3 Å².